The fourth-order valence-electron chi connectivity index (χ4n) is 3.02. The monoisotopic (exact) mass is 445 g/mol. The Balaban J connectivity index is 1.71. The van der Waals surface area contributed by atoms with Crippen LogP contribution in [0.1, 0.15) is 5.69 Å². The first-order valence-corrected chi connectivity index (χ1v) is 11.4. The van der Waals surface area contributed by atoms with Crippen LogP contribution in [0.15, 0.2) is 69.9 Å². The zero-order valence-electron chi connectivity index (χ0n) is 15.3. The van der Waals surface area contributed by atoms with Crippen LogP contribution in [0.4, 0.5) is 5.13 Å². The maximum Gasteiger partial charge on any atom is 0.246 e. The van der Waals surface area contributed by atoms with Gasteiger partial charge in [0.1, 0.15) is 6.54 Å². The summed E-state index contributed by atoms with van der Waals surface area (Å²) in [6.07, 6.45) is 1.50. The lowest BCUT2D eigenvalue weighted by Crippen LogP contribution is -2.18. The van der Waals surface area contributed by atoms with Crippen LogP contribution in [0.25, 0.3) is 10.9 Å². The van der Waals surface area contributed by atoms with E-state index in [1.165, 1.54) is 41.8 Å². The number of thiazole rings is 1. The Hall–Kier alpha value is -2.68. The lowest BCUT2D eigenvalue weighted by Gasteiger charge is -2.05. The zero-order chi connectivity index (χ0) is 20.6. The van der Waals surface area contributed by atoms with Gasteiger partial charge in [0, 0.05) is 27.5 Å². The van der Waals surface area contributed by atoms with Crippen LogP contribution in [0, 0.1) is 6.92 Å². The summed E-state index contributed by atoms with van der Waals surface area (Å²) < 4.78 is 28.0. The number of rotatable bonds is 5. The first-order valence-electron chi connectivity index (χ1n) is 8.65. The largest absolute Gasteiger partial charge is 0.337 e. The number of benzene rings is 2. The normalized spacial score (nSPS) is 11.7. The minimum Gasteiger partial charge on any atom is -0.337 e. The van der Waals surface area contributed by atoms with Gasteiger partial charge in [-0.2, -0.15) is 0 Å². The Morgan fingerprint density at radius 2 is 1.90 bits per heavy atom. The molecule has 0 aliphatic rings. The van der Waals surface area contributed by atoms with Gasteiger partial charge in [0.2, 0.25) is 15.7 Å². The van der Waals surface area contributed by atoms with Crippen molar-refractivity contribution in [1.82, 2.24) is 9.55 Å². The van der Waals surface area contributed by atoms with Crippen molar-refractivity contribution in [3.63, 3.8) is 0 Å². The topological polar surface area (TPSA) is 81.1 Å². The molecule has 0 spiro atoms. The number of fused-ring (bicyclic) bond motifs is 1. The van der Waals surface area contributed by atoms with Gasteiger partial charge in [-0.15, -0.1) is 11.3 Å². The van der Waals surface area contributed by atoms with Gasteiger partial charge in [-0.3, -0.25) is 4.79 Å². The molecule has 4 rings (SSSR count). The molecule has 0 atom stereocenters. The van der Waals surface area contributed by atoms with Crippen LogP contribution < -0.4 is 5.32 Å². The number of carbonyl (C=O) groups is 1. The molecule has 9 heteroatoms. The summed E-state index contributed by atoms with van der Waals surface area (Å²) in [5.74, 6) is -0.282. The molecular weight excluding hydrogens is 430 g/mol. The summed E-state index contributed by atoms with van der Waals surface area (Å²) in [5, 5.41) is 6.12. The molecule has 4 aromatic rings. The number of anilines is 1. The Kier molecular flexibility index (Phi) is 5.16. The summed E-state index contributed by atoms with van der Waals surface area (Å²) in [6.45, 7) is 1.81. The Morgan fingerprint density at radius 3 is 2.59 bits per heavy atom. The van der Waals surface area contributed by atoms with E-state index in [4.69, 9.17) is 11.6 Å². The predicted molar refractivity (Wildman–Crippen MR) is 114 cm³/mol. The molecule has 0 bridgehead atoms. The van der Waals surface area contributed by atoms with Crippen LogP contribution in [0.2, 0.25) is 5.02 Å². The molecule has 148 valence electrons. The molecule has 0 aliphatic heterocycles. The molecule has 6 nitrogen and oxygen atoms in total. The van der Waals surface area contributed by atoms with Crippen molar-refractivity contribution in [2.45, 2.75) is 23.3 Å². The molecule has 0 aliphatic carbocycles. The van der Waals surface area contributed by atoms with Crippen molar-refractivity contribution in [2.24, 2.45) is 0 Å². The van der Waals surface area contributed by atoms with Gasteiger partial charge in [0.15, 0.2) is 5.13 Å². The molecule has 29 heavy (non-hydrogen) atoms. The molecule has 0 saturated heterocycles. The number of amides is 1. The summed E-state index contributed by atoms with van der Waals surface area (Å²) >= 11 is 7.23. The van der Waals surface area contributed by atoms with Crippen molar-refractivity contribution in [3.8, 4) is 0 Å². The van der Waals surface area contributed by atoms with Crippen molar-refractivity contribution >= 4 is 54.7 Å². The molecular formula is C20H16ClN3O3S2. The third kappa shape index (κ3) is 3.91. The standard InChI is InChI=1S/C20H16ClN3O3S2/c1-13-12-28-20(22-13)23-19(25)11-24-10-18(16-4-2-3-5-17(16)24)29(26,27)15-8-6-14(21)7-9-15/h2-10,12H,11H2,1H3,(H,22,23,25). The maximum atomic E-state index is 13.2. The molecule has 0 radical (unpaired) electrons. The third-order valence-electron chi connectivity index (χ3n) is 4.34. The number of nitrogens with zero attached hydrogens (tertiary/aromatic N) is 2. The van der Waals surface area contributed by atoms with Crippen molar-refractivity contribution in [2.75, 3.05) is 5.32 Å². The lowest BCUT2D eigenvalue weighted by atomic mass is 10.2. The number of halogens is 1. The molecule has 1 N–H and O–H groups in total. The minimum atomic E-state index is -3.77. The Bertz CT molecular complexity index is 1310. The van der Waals surface area contributed by atoms with E-state index < -0.39 is 9.84 Å². The number of hydrogen-bond acceptors (Lipinski definition) is 5. The highest BCUT2D eigenvalue weighted by Crippen LogP contribution is 2.30. The number of aromatic nitrogens is 2. The Labute approximate surface area is 176 Å². The summed E-state index contributed by atoms with van der Waals surface area (Å²) in [6, 6.07) is 13.1. The highest BCUT2D eigenvalue weighted by atomic mass is 35.5. The predicted octanol–water partition coefficient (Wildman–Crippen LogP) is 4.53. The summed E-state index contributed by atoms with van der Waals surface area (Å²) in [5.41, 5.74) is 1.48. The average Bonchev–Trinajstić information content (AvgIpc) is 3.26. The van der Waals surface area contributed by atoms with E-state index in [2.05, 4.69) is 10.3 Å². The van der Waals surface area contributed by atoms with Crippen molar-refractivity contribution < 1.29 is 13.2 Å². The smallest absolute Gasteiger partial charge is 0.246 e. The van der Waals surface area contributed by atoms with Gasteiger partial charge in [-0.1, -0.05) is 29.8 Å². The van der Waals surface area contributed by atoms with Gasteiger partial charge >= 0.3 is 0 Å². The highest BCUT2D eigenvalue weighted by Gasteiger charge is 2.24. The van der Waals surface area contributed by atoms with E-state index in [1.807, 2.05) is 12.3 Å². The van der Waals surface area contributed by atoms with E-state index in [0.29, 0.717) is 21.1 Å². The van der Waals surface area contributed by atoms with Crippen LogP contribution in [-0.2, 0) is 21.2 Å². The fraction of sp³-hybridized carbons (Fsp3) is 0.100. The average molecular weight is 446 g/mol. The van der Waals surface area contributed by atoms with Crippen LogP contribution in [0.5, 0.6) is 0 Å². The lowest BCUT2D eigenvalue weighted by molar-refractivity contribution is -0.116. The maximum absolute atomic E-state index is 13.2. The second kappa shape index (κ2) is 7.62. The molecule has 0 saturated carbocycles. The number of carbonyl (C=O) groups excluding carboxylic acids is 1. The number of nitrogens with one attached hydrogen (secondary N) is 1. The van der Waals surface area contributed by atoms with Gasteiger partial charge in [-0.05, 0) is 37.3 Å². The van der Waals surface area contributed by atoms with Gasteiger partial charge < -0.3 is 9.88 Å². The SMILES string of the molecule is Cc1csc(NC(=O)Cn2cc(S(=O)(=O)c3ccc(Cl)cc3)c3ccccc32)n1. The first-order chi connectivity index (χ1) is 13.8. The second-order valence-corrected chi connectivity index (χ2v) is 9.65. The van der Waals surface area contributed by atoms with E-state index in [-0.39, 0.29) is 22.2 Å². The quantitative estimate of drug-likeness (QED) is 0.489. The number of sulfone groups is 1. The second-order valence-electron chi connectivity index (χ2n) is 6.44. The molecule has 0 fully saturated rings. The minimum absolute atomic E-state index is 0.0325. The third-order valence-corrected chi connectivity index (χ3v) is 7.27. The number of hydrogen-bond donors (Lipinski definition) is 1. The summed E-state index contributed by atoms with van der Waals surface area (Å²) in [4.78, 5) is 17.0. The van der Waals surface area contributed by atoms with E-state index in [1.54, 1.807) is 28.8 Å². The molecule has 2 aromatic carbocycles. The molecule has 2 aromatic heterocycles. The van der Waals surface area contributed by atoms with Gasteiger partial charge in [0.05, 0.1) is 15.5 Å². The fourth-order valence-corrected chi connectivity index (χ4v) is 5.33. The highest BCUT2D eigenvalue weighted by molar-refractivity contribution is 7.91. The van der Waals surface area contributed by atoms with E-state index in [9.17, 15) is 13.2 Å². The van der Waals surface area contributed by atoms with E-state index in [0.717, 1.165) is 5.69 Å². The van der Waals surface area contributed by atoms with Crippen LogP contribution in [0.3, 0.4) is 0 Å². The Morgan fingerprint density at radius 1 is 1.17 bits per heavy atom. The zero-order valence-corrected chi connectivity index (χ0v) is 17.7. The van der Waals surface area contributed by atoms with Crippen LogP contribution in [-0.4, -0.2) is 23.9 Å². The van der Waals surface area contributed by atoms with Crippen molar-refractivity contribution in [3.05, 3.63) is 70.8 Å². The molecule has 2 heterocycles. The number of para-hydroxylation sites is 1. The summed E-state index contributed by atoms with van der Waals surface area (Å²) in [7, 11) is -3.77. The van der Waals surface area contributed by atoms with Gasteiger partial charge in [0.25, 0.3) is 0 Å². The first kappa shape index (κ1) is 19.6. The number of aryl methyl sites for hydroxylation is 1. The van der Waals surface area contributed by atoms with Crippen LogP contribution >= 0.6 is 22.9 Å². The van der Waals surface area contributed by atoms with Gasteiger partial charge in [-0.25, -0.2) is 13.4 Å². The molecule has 0 unspecified atom stereocenters. The van der Waals surface area contributed by atoms with Crippen molar-refractivity contribution in [1.29, 1.82) is 0 Å². The van der Waals surface area contributed by atoms with E-state index >= 15 is 0 Å². The molecule has 1 amide bonds.